The fourth-order valence-corrected chi connectivity index (χ4v) is 2.64. The Kier molecular flexibility index (Phi) is 6.34. The van der Waals surface area contributed by atoms with Gasteiger partial charge in [0.15, 0.2) is 0 Å². The fraction of sp³-hybridized carbons (Fsp3) is 0.625. The lowest BCUT2D eigenvalue weighted by atomic mass is 9.85. The van der Waals surface area contributed by atoms with Crippen molar-refractivity contribution in [1.82, 2.24) is 5.32 Å². The molecule has 1 aromatic carbocycles. The van der Waals surface area contributed by atoms with E-state index in [-0.39, 0.29) is 0 Å². The van der Waals surface area contributed by atoms with Crippen LogP contribution in [0.15, 0.2) is 16.6 Å². The highest BCUT2D eigenvalue weighted by atomic mass is 79.9. The van der Waals surface area contributed by atoms with Crippen LogP contribution < -0.4 is 10.1 Å². The van der Waals surface area contributed by atoms with E-state index in [1.165, 1.54) is 11.1 Å². The molecule has 0 bridgehead atoms. The molecule has 0 aromatic heterocycles. The molecule has 0 fully saturated rings. The zero-order valence-corrected chi connectivity index (χ0v) is 14.5. The van der Waals surface area contributed by atoms with Gasteiger partial charge in [-0.05, 0) is 43.0 Å². The lowest BCUT2D eigenvalue weighted by Gasteiger charge is -2.29. The average Bonchev–Trinajstić information content (AvgIpc) is 2.38. The number of hydrogen-bond donors (Lipinski definition) is 1. The summed E-state index contributed by atoms with van der Waals surface area (Å²) in [6, 6.07) is 4.62. The molecule has 1 N–H and O–H groups in total. The zero-order chi connectivity index (χ0) is 14.6. The summed E-state index contributed by atoms with van der Waals surface area (Å²) in [4.78, 5) is 0. The molecule has 0 aliphatic heterocycles. The van der Waals surface area contributed by atoms with Crippen LogP contribution in [0.2, 0.25) is 0 Å². The van der Waals surface area contributed by atoms with Gasteiger partial charge in [0.2, 0.25) is 0 Å². The van der Waals surface area contributed by atoms with Gasteiger partial charge < -0.3 is 10.1 Å². The van der Waals surface area contributed by atoms with Crippen molar-refractivity contribution in [2.24, 2.45) is 11.8 Å². The topological polar surface area (TPSA) is 21.3 Å². The second kappa shape index (κ2) is 7.30. The zero-order valence-electron chi connectivity index (χ0n) is 12.9. The molecule has 1 rings (SSSR count). The van der Waals surface area contributed by atoms with E-state index in [1.54, 1.807) is 7.11 Å². The van der Waals surface area contributed by atoms with E-state index in [4.69, 9.17) is 4.74 Å². The van der Waals surface area contributed by atoms with Crippen LogP contribution in [0.1, 0.15) is 44.9 Å². The van der Waals surface area contributed by atoms with E-state index in [1.807, 2.05) is 0 Å². The van der Waals surface area contributed by atoms with Crippen LogP contribution in [0, 0.1) is 18.8 Å². The minimum atomic E-state index is 0.317. The Labute approximate surface area is 126 Å². The Morgan fingerprint density at radius 1 is 1.26 bits per heavy atom. The van der Waals surface area contributed by atoms with Crippen molar-refractivity contribution in [2.45, 2.75) is 40.7 Å². The Morgan fingerprint density at radius 3 is 2.37 bits per heavy atom. The number of hydrogen-bond acceptors (Lipinski definition) is 2. The predicted octanol–water partition coefficient (Wildman–Crippen LogP) is 4.71. The van der Waals surface area contributed by atoms with E-state index < -0.39 is 0 Å². The Bertz CT molecular complexity index is 417. The van der Waals surface area contributed by atoms with Gasteiger partial charge in [-0.2, -0.15) is 0 Å². The van der Waals surface area contributed by atoms with Crippen molar-refractivity contribution < 1.29 is 4.74 Å². The highest BCUT2D eigenvalue weighted by Crippen LogP contribution is 2.36. The number of nitrogens with one attached hydrogen (secondary N) is 1. The first-order chi connectivity index (χ1) is 8.92. The summed E-state index contributed by atoms with van der Waals surface area (Å²) in [5.41, 5.74) is 2.44. The standard InChI is InChI=1S/C16H26BrNO/c1-7-18-16(12(5)10(2)3)13-9-14(17)11(4)8-15(13)19-6/h8-10,12,16,18H,7H2,1-6H3. The van der Waals surface area contributed by atoms with E-state index in [0.717, 1.165) is 16.8 Å². The van der Waals surface area contributed by atoms with Crippen molar-refractivity contribution in [1.29, 1.82) is 0 Å². The molecule has 3 heteroatoms. The third-order valence-electron chi connectivity index (χ3n) is 3.85. The van der Waals surface area contributed by atoms with Crippen LogP contribution in [0.25, 0.3) is 0 Å². The molecule has 0 saturated heterocycles. The summed E-state index contributed by atoms with van der Waals surface area (Å²) in [5.74, 6) is 2.14. The van der Waals surface area contributed by atoms with Crippen LogP contribution in [0.5, 0.6) is 5.75 Å². The monoisotopic (exact) mass is 327 g/mol. The maximum absolute atomic E-state index is 5.58. The quantitative estimate of drug-likeness (QED) is 0.817. The predicted molar refractivity (Wildman–Crippen MR) is 85.9 cm³/mol. The molecule has 0 aliphatic carbocycles. The number of rotatable bonds is 6. The molecule has 0 aliphatic rings. The third kappa shape index (κ3) is 3.96. The lowest BCUT2D eigenvalue weighted by molar-refractivity contribution is 0.297. The van der Waals surface area contributed by atoms with Gasteiger partial charge in [0.25, 0.3) is 0 Å². The molecular weight excluding hydrogens is 302 g/mol. The molecule has 2 atom stereocenters. The number of ether oxygens (including phenoxy) is 1. The molecule has 0 radical (unpaired) electrons. The Balaban J connectivity index is 3.24. The normalized spacial score (nSPS) is 14.5. The first-order valence-electron chi connectivity index (χ1n) is 6.99. The average molecular weight is 328 g/mol. The number of methoxy groups -OCH3 is 1. The summed E-state index contributed by atoms with van der Waals surface area (Å²) in [6.45, 7) is 12.0. The van der Waals surface area contributed by atoms with Crippen molar-refractivity contribution in [2.75, 3.05) is 13.7 Å². The largest absolute Gasteiger partial charge is 0.496 e. The van der Waals surface area contributed by atoms with Crippen LogP contribution >= 0.6 is 15.9 Å². The molecular formula is C16H26BrNO. The molecule has 1 aromatic rings. The molecule has 0 spiro atoms. The molecule has 19 heavy (non-hydrogen) atoms. The van der Waals surface area contributed by atoms with Crippen LogP contribution in [0.3, 0.4) is 0 Å². The van der Waals surface area contributed by atoms with Gasteiger partial charge in [0.1, 0.15) is 5.75 Å². The smallest absolute Gasteiger partial charge is 0.123 e. The van der Waals surface area contributed by atoms with Crippen molar-refractivity contribution in [3.63, 3.8) is 0 Å². The molecule has 2 unspecified atom stereocenters. The maximum Gasteiger partial charge on any atom is 0.123 e. The molecule has 0 saturated carbocycles. The van der Waals surface area contributed by atoms with Gasteiger partial charge in [-0.1, -0.05) is 43.6 Å². The first-order valence-corrected chi connectivity index (χ1v) is 7.79. The summed E-state index contributed by atoms with van der Waals surface area (Å²) >= 11 is 3.63. The van der Waals surface area contributed by atoms with Crippen LogP contribution in [-0.4, -0.2) is 13.7 Å². The number of aryl methyl sites for hydroxylation is 1. The third-order valence-corrected chi connectivity index (χ3v) is 4.70. The number of benzene rings is 1. The summed E-state index contributed by atoms with van der Waals surface area (Å²) in [7, 11) is 1.75. The fourth-order valence-electron chi connectivity index (χ4n) is 2.27. The Hall–Kier alpha value is -0.540. The van der Waals surface area contributed by atoms with Crippen LogP contribution in [-0.2, 0) is 0 Å². The highest BCUT2D eigenvalue weighted by molar-refractivity contribution is 9.10. The molecule has 0 heterocycles. The van der Waals surface area contributed by atoms with E-state index in [9.17, 15) is 0 Å². The van der Waals surface area contributed by atoms with E-state index in [0.29, 0.717) is 17.9 Å². The molecule has 108 valence electrons. The highest BCUT2D eigenvalue weighted by Gasteiger charge is 2.24. The van der Waals surface area contributed by atoms with Gasteiger partial charge in [0, 0.05) is 16.1 Å². The summed E-state index contributed by atoms with van der Waals surface area (Å²) < 4.78 is 6.72. The first kappa shape index (κ1) is 16.5. The molecule has 2 nitrogen and oxygen atoms in total. The second-order valence-electron chi connectivity index (χ2n) is 5.48. The minimum Gasteiger partial charge on any atom is -0.496 e. The van der Waals surface area contributed by atoms with Crippen molar-refractivity contribution in [3.8, 4) is 5.75 Å². The van der Waals surface area contributed by atoms with Crippen LogP contribution in [0.4, 0.5) is 0 Å². The SMILES string of the molecule is CCNC(c1cc(Br)c(C)cc1OC)C(C)C(C)C. The van der Waals surface area contributed by atoms with Gasteiger partial charge in [-0.3, -0.25) is 0 Å². The maximum atomic E-state index is 5.58. The van der Waals surface area contributed by atoms with E-state index >= 15 is 0 Å². The van der Waals surface area contributed by atoms with Gasteiger partial charge in [-0.25, -0.2) is 0 Å². The van der Waals surface area contributed by atoms with Gasteiger partial charge in [-0.15, -0.1) is 0 Å². The molecule has 0 amide bonds. The lowest BCUT2D eigenvalue weighted by Crippen LogP contribution is -2.30. The van der Waals surface area contributed by atoms with E-state index in [2.05, 4.69) is 68.0 Å². The summed E-state index contributed by atoms with van der Waals surface area (Å²) in [5, 5.41) is 3.60. The van der Waals surface area contributed by atoms with Gasteiger partial charge in [0.05, 0.1) is 7.11 Å². The minimum absolute atomic E-state index is 0.317. The Morgan fingerprint density at radius 2 is 1.89 bits per heavy atom. The van der Waals surface area contributed by atoms with Crippen molar-refractivity contribution >= 4 is 15.9 Å². The van der Waals surface area contributed by atoms with Gasteiger partial charge >= 0.3 is 0 Å². The summed E-state index contributed by atoms with van der Waals surface area (Å²) in [6.07, 6.45) is 0. The number of halogens is 1. The second-order valence-corrected chi connectivity index (χ2v) is 6.34. The van der Waals surface area contributed by atoms with Crippen molar-refractivity contribution in [3.05, 3.63) is 27.7 Å².